The summed E-state index contributed by atoms with van der Waals surface area (Å²) < 4.78 is 48.2. The SMILES string of the molecule is [3H][N+]1(c2ccc(F)cc2)C(=O)C(CC[C@H](O)c2ccc(F)cc2)C1c1ccc(CCC2(OCC(=O)N3CCC[C@H]3c3nn[nH]n3)COC2)cc1. The van der Waals surface area contributed by atoms with Crippen molar-refractivity contribution in [2.24, 2.45) is 5.92 Å². The molecule has 4 heterocycles. The summed E-state index contributed by atoms with van der Waals surface area (Å²) in [5.74, 6) is -1.38. The number of carbonyl (C=O) groups is 2. The third-order valence-electron chi connectivity index (χ3n) is 9.98. The van der Waals surface area contributed by atoms with Gasteiger partial charge in [0, 0.05) is 24.2 Å². The van der Waals surface area contributed by atoms with E-state index in [-0.39, 0.29) is 30.9 Å². The zero-order chi connectivity index (χ0) is 34.9. The maximum Gasteiger partial charge on any atom is 0.363 e. The van der Waals surface area contributed by atoms with Crippen LogP contribution in [0.3, 0.4) is 0 Å². The average molecular weight is 676 g/mol. The van der Waals surface area contributed by atoms with Gasteiger partial charge < -0.3 is 19.5 Å². The van der Waals surface area contributed by atoms with E-state index in [1.54, 1.807) is 4.90 Å². The second-order valence-electron chi connectivity index (χ2n) is 13.1. The van der Waals surface area contributed by atoms with Crippen LogP contribution in [0.5, 0.6) is 0 Å². The van der Waals surface area contributed by atoms with E-state index in [9.17, 15) is 24.9 Å². The van der Waals surface area contributed by atoms with Crippen LogP contribution in [0, 0.1) is 17.6 Å². The predicted octanol–water partition coefficient (Wildman–Crippen LogP) is 3.49. The number of hydrogen-bond acceptors (Lipinski definition) is 8. The molecular formula is C36H39F2N6O5+. The molecular weight excluding hydrogens is 634 g/mol. The van der Waals surface area contributed by atoms with E-state index >= 15 is 0 Å². The normalized spacial score (nSPS) is 25.4. The van der Waals surface area contributed by atoms with Crippen LogP contribution in [0.4, 0.5) is 14.5 Å². The number of aryl methyl sites for hydroxylation is 1. The molecule has 13 heteroatoms. The van der Waals surface area contributed by atoms with Gasteiger partial charge in [0.05, 0.1) is 25.4 Å². The summed E-state index contributed by atoms with van der Waals surface area (Å²) in [5.41, 5.74) is 2.13. The summed E-state index contributed by atoms with van der Waals surface area (Å²) in [5, 5.41) is 25.0. The summed E-state index contributed by atoms with van der Waals surface area (Å²) in [7, 11) is 0. The number of aromatic amines is 1. The van der Waals surface area contributed by atoms with Crippen LogP contribution in [0.15, 0.2) is 72.8 Å². The number of carbonyl (C=O) groups excluding carboxylic acids is 2. The lowest BCUT2D eigenvalue weighted by atomic mass is 9.78. The van der Waals surface area contributed by atoms with Crippen molar-refractivity contribution < 1.29 is 39.3 Å². The fourth-order valence-corrected chi connectivity index (χ4v) is 7.12. The summed E-state index contributed by atoms with van der Waals surface area (Å²) in [6.07, 6.45) is 2.59. The Morgan fingerprint density at radius 3 is 2.47 bits per heavy atom. The highest BCUT2D eigenvalue weighted by Crippen LogP contribution is 2.35. The summed E-state index contributed by atoms with van der Waals surface area (Å²) in [4.78, 5) is 27.7. The second-order valence-corrected chi connectivity index (χ2v) is 13.1. The van der Waals surface area contributed by atoms with Gasteiger partial charge in [0.15, 0.2) is 5.82 Å². The first-order valence-electron chi connectivity index (χ1n) is 17.1. The number of nitrogens with zero attached hydrogens (tertiary/aromatic N) is 4. The molecule has 4 aromatic rings. The van der Waals surface area contributed by atoms with Crippen molar-refractivity contribution in [3.63, 3.8) is 0 Å². The number of quaternary nitrogens is 1. The van der Waals surface area contributed by atoms with Crippen molar-refractivity contribution in [1.29, 1.82) is 0 Å². The molecule has 0 spiro atoms. The van der Waals surface area contributed by atoms with Gasteiger partial charge in [0.1, 0.15) is 41.5 Å². The molecule has 0 aliphatic carbocycles. The molecule has 5 atom stereocenters. The van der Waals surface area contributed by atoms with Crippen molar-refractivity contribution in [2.75, 3.05) is 26.4 Å². The molecule has 0 radical (unpaired) electrons. The molecule has 3 fully saturated rings. The molecule has 1 aromatic heterocycles. The standard InChI is InChI=1S/C36H38F2N6O5/c37-26-9-7-24(8-10-26)31(45)16-15-29-33(44(35(29)47)28-13-11-27(38)12-14-28)25-5-3-23(4-6-25)17-18-36(21-48-22-36)49-20-32(46)43-19-1-2-30(43)34-39-41-42-40-34/h3-14,29-31,33,45H,1-2,15-22H2,(H,39,40,41,42)/p+1/t29?,30-,31-,33?/m0/s1/i/hT. The first-order chi connectivity index (χ1) is 24.2. The Bertz CT molecular complexity index is 1790. The molecule has 11 nitrogen and oxygen atoms in total. The lowest BCUT2D eigenvalue weighted by molar-refractivity contribution is -0.831. The molecule has 3 N–H and O–H groups in total. The molecule has 3 aliphatic heterocycles. The van der Waals surface area contributed by atoms with E-state index in [1.165, 1.54) is 48.5 Å². The third-order valence-corrected chi connectivity index (χ3v) is 9.98. The molecule has 7 rings (SSSR count). The van der Waals surface area contributed by atoms with Crippen molar-refractivity contribution in [3.05, 3.63) is 107 Å². The predicted molar refractivity (Wildman–Crippen MR) is 171 cm³/mol. The number of hydrogen-bond donors (Lipinski definition) is 3. The van der Waals surface area contributed by atoms with Gasteiger partial charge >= 0.3 is 7.32 Å². The molecule has 2 amide bonds. The fourth-order valence-electron chi connectivity index (χ4n) is 7.12. The number of ether oxygens (including phenoxy) is 2. The van der Waals surface area contributed by atoms with Gasteiger partial charge in [0.25, 0.3) is 0 Å². The van der Waals surface area contributed by atoms with Crippen LogP contribution < -0.4 is 4.89 Å². The number of β-lactam (4-membered cyclic amide) rings is 1. The lowest BCUT2D eigenvalue weighted by Crippen LogP contribution is -3.19. The van der Waals surface area contributed by atoms with Crippen LogP contribution in [-0.2, 0) is 25.5 Å². The maximum absolute atomic E-state index is 13.8. The van der Waals surface area contributed by atoms with Gasteiger partial charge in [-0.1, -0.05) is 41.6 Å². The number of rotatable bonds is 13. The number of aliphatic hydroxyl groups is 1. The number of tetrazole rings is 1. The van der Waals surface area contributed by atoms with E-state index in [0.29, 0.717) is 56.1 Å². The van der Waals surface area contributed by atoms with E-state index < -0.39 is 40.2 Å². The van der Waals surface area contributed by atoms with E-state index in [0.717, 1.165) is 24.0 Å². The molecule has 0 saturated carbocycles. The van der Waals surface area contributed by atoms with Gasteiger partial charge in [-0.15, -0.1) is 10.2 Å². The van der Waals surface area contributed by atoms with Crippen LogP contribution in [0.1, 0.15) is 72.8 Å². The highest BCUT2D eigenvalue weighted by Gasteiger charge is 2.55. The van der Waals surface area contributed by atoms with Crippen molar-refractivity contribution in [2.45, 2.75) is 62.3 Å². The van der Waals surface area contributed by atoms with Gasteiger partial charge in [0.2, 0.25) is 5.91 Å². The number of H-pyrrole nitrogens is 1. The molecule has 3 unspecified atom stereocenters. The first kappa shape index (κ1) is 31.8. The Labute approximate surface area is 283 Å². The Morgan fingerprint density at radius 1 is 1.10 bits per heavy atom. The minimum Gasteiger partial charge on any atom is -0.388 e. The number of halogens is 2. The van der Waals surface area contributed by atoms with E-state index in [1.807, 2.05) is 24.3 Å². The summed E-state index contributed by atoms with van der Waals surface area (Å²) in [6, 6.07) is 18.0. The van der Waals surface area contributed by atoms with Crippen LogP contribution in [0.2, 0.25) is 1.41 Å². The zero-order valence-electron chi connectivity index (χ0n) is 27.9. The Kier molecular flexibility index (Phi) is 9.22. The number of benzene rings is 3. The smallest absolute Gasteiger partial charge is 0.363 e. The third kappa shape index (κ3) is 7.02. The topological polar surface area (TPSA) is 135 Å². The minimum absolute atomic E-state index is 0.0729. The van der Waals surface area contributed by atoms with Crippen molar-refractivity contribution in [3.8, 4) is 0 Å². The molecule has 3 aliphatic rings. The van der Waals surface area contributed by atoms with Gasteiger partial charge in [-0.2, -0.15) is 5.21 Å². The fraction of sp³-hybridized carbons (Fsp3) is 0.417. The number of aromatic nitrogens is 4. The Hall–Kier alpha value is -4.43. The van der Waals surface area contributed by atoms with Crippen molar-refractivity contribution in [1.82, 2.24) is 25.5 Å². The van der Waals surface area contributed by atoms with Gasteiger partial charge in [-0.3, -0.25) is 4.79 Å². The van der Waals surface area contributed by atoms with Crippen LogP contribution in [-0.4, -0.2) is 74.4 Å². The van der Waals surface area contributed by atoms with Gasteiger partial charge in [-0.25, -0.2) is 18.5 Å². The highest BCUT2D eigenvalue weighted by molar-refractivity contribution is 5.79. The number of aliphatic hydroxyl groups excluding tert-OH is 1. The van der Waals surface area contributed by atoms with Crippen LogP contribution >= 0.6 is 0 Å². The number of nitrogens with one attached hydrogen (secondary N) is 2. The van der Waals surface area contributed by atoms with Gasteiger partial charge in [-0.05, 0) is 73.9 Å². The highest BCUT2D eigenvalue weighted by atomic mass is 19.1. The quantitative estimate of drug-likeness (QED) is 0.184. The largest absolute Gasteiger partial charge is 0.388 e. The van der Waals surface area contributed by atoms with E-state index in [4.69, 9.17) is 9.47 Å². The molecule has 0 bridgehead atoms. The second kappa shape index (κ2) is 14.2. The lowest BCUT2D eigenvalue weighted by Gasteiger charge is -2.42. The maximum atomic E-state index is 13.8. The summed E-state index contributed by atoms with van der Waals surface area (Å²) >= 11 is 0. The van der Waals surface area contributed by atoms with E-state index in [2.05, 4.69) is 20.6 Å². The Balaban J connectivity index is 1.01. The zero-order valence-corrected chi connectivity index (χ0v) is 26.9. The number of amides is 2. The summed E-state index contributed by atoms with van der Waals surface area (Å²) in [6.45, 7) is 1.31. The number of likely N-dealkylation sites (tertiary alicyclic amines) is 1. The van der Waals surface area contributed by atoms with Crippen LogP contribution in [0.25, 0.3) is 0 Å². The first-order valence-corrected chi connectivity index (χ1v) is 16.7. The molecule has 3 saturated heterocycles. The molecule has 49 heavy (non-hydrogen) atoms. The average Bonchev–Trinajstić information content (AvgIpc) is 3.83. The monoisotopic (exact) mass is 675 g/mol. The molecule has 256 valence electrons. The molecule has 3 aromatic carbocycles. The van der Waals surface area contributed by atoms with Crippen molar-refractivity contribution >= 4 is 17.5 Å². The minimum atomic E-state index is -0.895. The Morgan fingerprint density at radius 2 is 1.82 bits per heavy atom.